The van der Waals surface area contributed by atoms with E-state index in [1.807, 2.05) is 6.92 Å². The zero-order valence-corrected chi connectivity index (χ0v) is 14.3. The van der Waals surface area contributed by atoms with Crippen LogP contribution in [0, 0.1) is 17.8 Å². The summed E-state index contributed by atoms with van der Waals surface area (Å²) in [6, 6.07) is 0. The van der Waals surface area contributed by atoms with Crippen molar-refractivity contribution in [3.05, 3.63) is 10.6 Å². The lowest BCUT2D eigenvalue weighted by atomic mass is 9.88. The first kappa shape index (κ1) is 16.7. The number of nitrogens with zero attached hydrogens (tertiary/aromatic N) is 1. The number of aryl methyl sites for hydroxylation is 1. The van der Waals surface area contributed by atoms with Gasteiger partial charge in [0.15, 0.2) is 5.13 Å². The fraction of sp³-hybridized carbons (Fsp3) is 0.733. The third kappa shape index (κ3) is 3.58. The molecule has 3 rings (SSSR count). The molecule has 118 valence electrons. The summed E-state index contributed by atoms with van der Waals surface area (Å²) in [5.74, 6) is 1.47. The van der Waals surface area contributed by atoms with Crippen molar-refractivity contribution in [1.82, 2.24) is 10.3 Å². The molecule has 2 aliphatic rings. The summed E-state index contributed by atoms with van der Waals surface area (Å²) >= 11 is 1.68. The average Bonchev–Trinajstić information content (AvgIpc) is 2.77. The molecule has 4 nitrogen and oxygen atoms in total. The molecule has 2 N–H and O–H groups in total. The smallest absolute Gasteiger partial charge is 0.229 e. The van der Waals surface area contributed by atoms with Crippen molar-refractivity contribution in [2.75, 3.05) is 18.4 Å². The van der Waals surface area contributed by atoms with Gasteiger partial charge in [-0.15, -0.1) is 23.7 Å². The lowest BCUT2D eigenvalue weighted by molar-refractivity contribution is -0.121. The van der Waals surface area contributed by atoms with Gasteiger partial charge in [0.2, 0.25) is 5.91 Å². The number of rotatable bonds is 4. The third-order valence-corrected chi connectivity index (χ3v) is 5.82. The number of hydrogen-bond acceptors (Lipinski definition) is 4. The maximum Gasteiger partial charge on any atom is 0.229 e. The average molecular weight is 330 g/mol. The van der Waals surface area contributed by atoms with Crippen molar-refractivity contribution in [3.8, 4) is 0 Å². The van der Waals surface area contributed by atoms with E-state index in [2.05, 4.69) is 22.5 Å². The van der Waals surface area contributed by atoms with E-state index in [4.69, 9.17) is 0 Å². The molecule has 0 bridgehead atoms. The topological polar surface area (TPSA) is 54.0 Å². The normalized spacial score (nSPS) is 22.7. The van der Waals surface area contributed by atoms with E-state index < -0.39 is 0 Å². The standard InChI is InChI=1S/C15H23N3OS.ClH/c1-3-10-4-5-12-13(6-10)20-15(17-12)18-14(19)9(2)11-7-16-8-11;/h9-11,16H,3-8H2,1-2H3,(H,17,18,19);1H. The molecule has 2 heterocycles. The highest BCUT2D eigenvalue weighted by atomic mass is 35.5. The van der Waals surface area contributed by atoms with Gasteiger partial charge in [-0.1, -0.05) is 20.3 Å². The van der Waals surface area contributed by atoms with Crippen LogP contribution in [0.3, 0.4) is 0 Å². The number of hydrogen-bond donors (Lipinski definition) is 2. The molecule has 1 aliphatic carbocycles. The Morgan fingerprint density at radius 1 is 1.52 bits per heavy atom. The minimum Gasteiger partial charge on any atom is -0.316 e. The molecule has 0 aromatic carbocycles. The molecular formula is C15H24ClN3OS. The number of amides is 1. The Labute approximate surface area is 136 Å². The Balaban J connectivity index is 0.00000161. The summed E-state index contributed by atoms with van der Waals surface area (Å²) in [5, 5.41) is 7.04. The lowest BCUT2D eigenvalue weighted by Crippen LogP contribution is -2.48. The van der Waals surface area contributed by atoms with E-state index in [1.54, 1.807) is 11.3 Å². The number of thiazole rings is 1. The van der Waals surface area contributed by atoms with E-state index in [1.165, 1.54) is 23.4 Å². The molecule has 1 amide bonds. The molecule has 1 aromatic heterocycles. The molecule has 1 saturated heterocycles. The van der Waals surface area contributed by atoms with Crippen LogP contribution in [-0.4, -0.2) is 24.0 Å². The number of aromatic nitrogens is 1. The number of anilines is 1. The predicted molar refractivity (Wildman–Crippen MR) is 89.3 cm³/mol. The largest absolute Gasteiger partial charge is 0.316 e. The van der Waals surface area contributed by atoms with Crippen LogP contribution in [-0.2, 0) is 17.6 Å². The molecule has 1 fully saturated rings. The molecule has 0 radical (unpaired) electrons. The van der Waals surface area contributed by atoms with E-state index in [9.17, 15) is 4.79 Å². The fourth-order valence-corrected chi connectivity index (χ4v) is 4.07. The number of carbonyl (C=O) groups excluding carboxylic acids is 1. The van der Waals surface area contributed by atoms with Crippen molar-refractivity contribution >= 4 is 34.8 Å². The molecule has 2 unspecified atom stereocenters. The molecular weight excluding hydrogens is 306 g/mol. The maximum atomic E-state index is 12.2. The van der Waals surface area contributed by atoms with E-state index in [0.29, 0.717) is 5.92 Å². The SMILES string of the molecule is CCC1CCc2nc(NC(=O)C(C)C3CNC3)sc2C1.Cl. The number of carbonyl (C=O) groups is 1. The monoisotopic (exact) mass is 329 g/mol. The summed E-state index contributed by atoms with van der Waals surface area (Å²) in [4.78, 5) is 18.2. The van der Waals surface area contributed by atoms with Crippen molar-refractivity contribution < 1.29 is 4.79 Å². The third-order valence-electron chi connectivity index (χ3n) is 4.78. The van der Waals surface area contributed by atoms with Gasteiger partial charge in [-0.05, 0) is 44.2 Å². The second kappa shape index (κ2) is 7.07. The summed E-state index contributed by atoms with van der Waals surface area (Å²) in [7, 11) is 0. The number of nitrogens with one attached hydrogen (secondary N) is 2. The Morgan fingerprint density at radius 2 is 2.29 bits per heavy atom. The first-order valence-electron chi connectivity index (χ1n) is 7.67. The first-order chi connectivity index (χ1) is 9.67. The van der Waals surface area contributed by atoms with Crippen LogP contribution >= 0.6 is 23.7 Å². The zero-order valence-electron chi connectivity index (χ0n) is 12.6. The summed E-state index contributed by atoms with van der Waals surface area (Å²) in [6.07, 6.45) is 4.69. The van der Waals surface area contributed by atoms with Crippen LogP contribution in [0.2, 0.25) is 0 Å². The first-order valence-corrected chi connectivity index (χ1v) is 8.49. The Kier molecular flexibility index (Phi) is 5.63. The van der Waals surface area contributed by atoms with Gasteiger partial charge in [-0.2, -0.15) is 0 Å². The Hall–Kier alpha value is -0.650. The summed E-state index contributed by atoms with van der Waals surface area (Å²) < 4.78 is 0. The lowest BCUT2D eigenvalue weighted by Gasteiger charge is -2.31. The highest BCUT2D eigenvalue weighted by Gasteiger charge is 2.29. The van der Waals surface area contributed by atoms with Crippen molar-refractivity contribution in [2.45, 2.75) is 39.5 Å². The van der Waals surface area contributed by atoms with Crippen molar-refractivity contribution in [3.63, 3.8) is 0 Å². The van der Waals surface area contributed by atoms with Gasteiger partial charge in [0.05, 0.1) is 5.69 Å². The van der Waals surface area contributed by atoms with Gasteiger partial charge in [0.1, 0.15) is 0 Å². The van der Waals surface area contributed by atoms with E-state index >= 15 is 0 Å². The minimum atomic E-state index is 0. The highest BCUT2D eigenvalue weighted by molar-refractivity contribution is 7.15. The van der Waals surface area contributed by atoms with Crippen molar-refractivity contribution in [2.24, 2.45) is 17.8 Å². The van der Waals surface area contributed by atoms with E-state index in [0.717, 1.165) is 37.0 Å². The fourth-order valence-electron chi connectivity index (χ4n) is 2.94. The van der Waals surface area contributed by atoms with Crippen LogP contribution in [0.1, 0.15) is 37.3 Å². The van der Waals surface area contributed by atoms with Crippen LogP contribution in [0.15, 0.2) is 0 Å². The van der Waals surface area contributed by atoms with Gasteiger partial charge in [-0.25, -0.2) is 4.98 Å². The predicted octanol–water partition coefficient (Wildman–Crippen LogP) is 2.87. The van der Waals surface area contributed by atoms with Crippen LogP contribution in [0.5, 0.6) is 0 Å². The molecule has 0 spiro atoms. The second-order valence-corrected chi connectivity index (χ2v) is 7.19. The number of halogens is 1. The molecule has 21 heavy (non-hydrogen) atoms. The van der Waals surface area contributed by atoms with Gasteiger partial charge in [-0.3, -0.25) is 4.79 Å². The van der Waals surface area contributed by atoms with Crippen molar-refractivity contribution in [1.29, 1.82) is 0 Å². The maximum absolute atomic E-state index is 12.2. The zero-order chi connectivity index (χ0) is 14.1. The van der Waals surface area contributed by atoms with Crippen LogP contribution in [0.25, 0.3) is 0 Å². The second-order valence-electron chi connectivity index (χ2n) is 6.10. The van der Waals surface area contributed by atoms with Crippen LogP contribution in [0.4, 0.5) is 5.13 Å². The van der Waals surface area contributed by atoms with Gasteiger partial charge in [0, 0.05) is 10.8 Å². The molecule has 1 aromatic rings. The van der Waals surface area contributed by atoms with Gasteiger partial charge < -0.3 is 10.6 Å². The molecule has 6 heteroatoms. The summed E-state index contributed by atoms with van der Waals surface area (Å²) in [6.45, 7) is 6.19. The highest BCUT2D eigenvalue weighted by Crippen LogP contribution is 2.33. The van der Waals surface area contributed by atoms with Gasteiger partial charge >= 0.3 is 0 Å². The van der Waals surface area contributed by atoms with Crippen LogP contribution < -0.4 is 10.6 Å². The number of fused-ring (bicyclic) bond motifs is 1. The minimum absolute atomic E-state index is 0. The molecule has 1 aliphatic heterocycles. The van der Waals surface area contributed by atoms with E-state index in [-0.39, 0.29) is 24.2 Å². The summed E-state index contributed by atoms with van der Waals surface area (Å²) in [5.41, 5.74) is 1.22. The van der Waals surface area contributed by atoms with Gasteiger partial charge in [0.25, 0.3) is 0 Å². The molecule has 2 atom stereocenters. The Bertz CT molecular complexity index is 501. The Morgan fingerprint density at radius 3 is 2.90 bits per heavy atom. The quantitative estimate of drug-likeness (QED) is 0.893. The molecule has 0 saturated carbocycles.